The van der Waals surface area contributed by atoms with Crippen LogP contribution in [0.4, 0.5) is 0 Å². The number of hydrogen-bond acceptors (Lipinski definition) is 3. The second-order valence-electron chi connectivity index (χ2n) is 3.48. The van der Waals surface area contributed by atoms with Crippen molar-refractivity contribution in [1.29, 1.82) is 0 Å². The van der Waals surface area contributed by atoms with Crippen molar-refractivity contribution in [2.24, 2.45) is 15.7 Å². The first-order valence-electron chi connectivity index (χ1n) is 4.40. The fourth-order valence-corrected chi connectivity index (χ4v) is 0.704. The van der Waals surface area contributed by atoms with E-state index < -0.39 is 11.5 Å². The van der Waals surface area contributed by atoms with Crippen LogP contribution < -0.4 is 5.73 Å². The Morgan fingerprint density at radius 1 is 1.57 bits per heavy atom. The molecule has 0 radical (unpaired) electrons. The summed E-state index contributed by atoms with van der Waals surface area (Å²) in [6.45, 7) is 7.42. The van der Waals surface area contributed by atoms with Crippen LogP contribution in [0.3, 0.4) is 0 Å². The van der Waals surface area contributed by atoms with E-state index in [0.29, 0.717) is 18.8 Å². The van der Waals surface area contributed by atoms with Crippen molar-refractivity contribution in [2.75, 3.05) is 6.54 Å². The Morgan fingerprint density at radius 3 is 2.57 bits per heavy atom. The summed E-state index contributed by atoms with van der Waals surface area (Å²) in [5, 5.41) is 8.38. The zero-order valence-electron chi connectivity index (χ0n) is 8.66. The van der Waals surface area contributed by atoms with Crippen molar-refractivity contribution >= 4 is 18.5 Å². The van der Waals surface area contributed by atoms with E-state index in [4.69, 9.17) is 10.8 Å². The van der Waals surface area contributed by atoms with Crippen molar-refractivity contribution < 1.29 is 9.90 Å². The molecule has 0 aliphatic carbocycles. The smallest absolute Gasteiger partial charge is 0.303 e. The van der Waals surface area contributed by atoms with Gasteiger partial charge in [0.2, 0.25) is 0 Å². The summed E-state index contributed by atoms with van der Waals surface area (Å²) < 4.78 is 0. The Hall–Kier alpha value is -1.39. The number of carboxylic acid groups (broad SMARTS) is 1. The highest BCUT2D eigenvalue weighted by Gasteiger charge is 2.19. The highest BCUT2D eigenvalue weighted by atomic mass is 16.4. The number of rotatable bonds is 6. The summed E-state index contributed by atoms with van der Waals surface area (Å²) in [7, 11) is 0. The zero-order chi connectivity index (χ0) is 11.2. The number of hydrogen-bond donors (Lipinski definition) is 2. The van der Waals surface area contributed by atoms with Crippen molar-refractivity contribution in [3.8, 4) is 0 Å². The summed E-state index contributed by atoms with van der Waals surface area (Å²) in [5.74, 6) is -0.433. The lowest BCUT2D eigenvalue weighted by Crippen LogP contribution is -2.36. The molecule has 3 N–H and O–H groups in total. The van der Waals surface area contributed by atoms with E-state index >= 15 is 0 Å². The molecule has 14 heavy (non-hydrogen) atoms. The minimum absolute atomic E-state index is 0.110. The Bertz CT molecular complexity index is 246. The topological polar surface area (TPSA) is 88.0 Å². The maximum Gasteiger partial charge on any atom is 0.303 e. The molecular weight excluding hydrogens is 182 g/mol. The first-order chi connectivity index (χ1) is 6.40. The predicted molar refractivity (Wildman–Crippen MR) is 57.0 cm³/mol. The molecule has 5 heteroatoms. The third kappa shape index (κ3) is 4.59. The van der Waals surface area contributed by atoms with E-state index in [-0.39, 0.29) is 6.42 Å². The molecule has 0 saturated heterocycles. The lowest BCUT2D eigenvalue weighted by atomic mass is 10.1. The second kappa shape index (κ2) is 5.36. The van der Waals surface area contributed by atoms with Gasteiger partial charge in [-0.3, -0.25) is 14.8 Å². The van der Waals surface area contributed by atoms with Gasteiger partial charge in [-0.2, -0.15) is 0 Å². The number of amidine groups is 1. The maximum atomic E-state index is 10.2. The molecule has 5 nitrogen and oxygen atoms in total. The van der Waals surface area contributed by atoms with Crippen LogP contribution in [0, 0.1) is 0 Å². The molecule has 0 aliphatic heterocycles. The largest absolute Gasteiger partial charge is 0.481 e. The molecule has 0 bridgehead atoms. The molecule has 0 aromatic heterocycles. The van der Waals surface area contributed by atoms with Gasteiger partial charge in [0.05, 0.1) is 0 Å². The third-order valence-corrected chi connectivity index (χ3v) is 1.85. The van der Waals surface area contributed by atoms with Crippen molar-refractivity contribution in [1.82, 2.24) is 0 Å². The predicted octanol–water partition coefficient (Wildman–Crippen LogP) is 0.688. The summed E-state index contributed by atoms with van der Waals surface area (Å²) in [6.07, 6.45) is 0.599. The van der Waals surface area contributed by atoms with Crippen LogP contribution in [0.15, 0.2) is 9.98 Å². The monoisotopic (exact) mass is 199 g/mol. The fourth-order valence-electron chi connectivity index (χ4n) is 0.704. The van der Waals surface area contributed by atoms with Gasteiger partial charge in [0, 0.05) is 13.0 Å². The number of aliphatic carboxylic acids is 1. The zero-order valence-corrected chi connectivity index (χ0v) is 8.66. The first-order valence-corrected chi connectivity index (χ1v) is 4.40. The van der Waals surface area contributed by atoms with Gasteiger partial charge in [0.15, 0.2) is 0 Å². The highest BCUT2D eigenvalue weighted by molar-refractivity contribution is 5.89. The molecule has 0 unspecified atom stereocenters. The van der Waals surface area contributed by atoms with E-state index in [0.717, 1.165) is 0 Å². The molecule has 0 heterocycles. The summed E-state index contributed by atoms with van der Waals surface area (Å²) in [6, 6.07) is 0. The van der Waals surface area contributed by atoms with Crippen LogP contribution >= 0.6 is 0 Å². The van der Waals surface area contributed by atoms with Crippen molar-refractivity contribution in [3.05, 3.63) is 0 Å². The van der Waals surface area contributed by atoms with Crippen LogP contribution in [-0.4, -0.2) is 35.7 Å². The molecule has 80 valence electrons. The van der Waals surface area contributed by atoms with Crippen LogP contribution in [0.2, 0.25) is 0 Å². The highest BCUT2D eigenvalue weighted by Crippen LogP contribution is 2.07. The number of aliphatic imine (C=N–C) groups is 2. The van der Waals surface area contributed by atoms with Gasteiger partial charge in [-0.1, -0.05) is 0 Å². The average molecular weight is 199 g/mol. The number of nitrogens with zero attached hydrogens (tertiary/aromatic N) is 2. The Labute approximate surface area is 83.7 Å². The third-order valence-electron chi connectivity index (χ3n) is 1.85. The number of carboxylic acids is 1. The number of carbonyl (C=O) groups is 1. The lowest BCUT2D eigenvalue weighted by molar-refractivity contribution is -0.137. The van der Waals surface area contributed by atoms with Gasteiger partial charge in [0.25, 0.3) is 0 Å². The van der Waals surface area contributed by atoms with Gasteiger partial charge >= 0.3 is 5.97 Å². The lowest BCUT2D eigenvalue weighted by Gasteiger charge is -2.17. The first kappa shape index (κ1) is 12.6. The molecule has 0 amide bonds. The molecule has 0 aromatic carbocycles. The van der Waals surface area contributed by atoms with Gasteiger partial charge in [0.1, 0.15) is 11.4 Å². The minimum atomic E-state index is -0.820. The molecule has 0 spiro atoms. The van der Waals surface area contributed by atoms with Crippen LogP contribution in [0.25, 0.3) is 0 Å². The van der Waals surface area contributed by atoms with Crippen LogP contribution in [0.5, 0.6) is 0 Å². The normalized spacial score (nSPS) is 12.6. The van der Waals surface area contributed by atoms with Crippen molar-refractivity contribution in [3.63, 3.8) is 0 Å². The summed E-state index contributed by atoms with van der Waals surface area (Å²) >= 11 is 0. The fraction of sp³-hybridized carbons (Fsp3) is 0.667. The molecule has 0 aliphatic rings. The van der Waals surface area contributed by atoms with Crippen LogP contribution in [0.1, 0.15) is 26.7 Å². The Kier molecular flexibility index (Phi) is 4.83. The van der Waals surface area contributed by atoms with Gasteiger partial charge < -0.3 is 10.8 Å². The van der Waals surface area contributed by atoms with E-state index in [1.165, 1.54) is 0 Å². The molecule has 0 fully saturated rings. The molecular formula is C9H17N3O2. The SMILES string of the molecule is C=NC(C)(C)C(N)=NCCCC(=O)O. The molecule has 0 atom stereocenters. The van der Waals surface area contributed by atoms with Crippen LogP contribution in [-0.2, 0) is 4.79 Å². The summed E-state index contributed by atoms with van der Waals surface area (Å²) in [5.41, 5.74) is 5.08. The van der Waals surface area contributed by atoms with Crippen molar-refractivity contribution in [2.45, 2.75) is 32.2 Å². The Balaban J connectivity index is 4.00. The minimum Gasteiger partial charge on any atom is -0.481 e. The van der Waals surface area contributed by atoms with E-state index in [1.54, 1.807) is 13.8 Å². The van der Waals surface area contributed by atoms with E-state index in [1.807, 2.05) is 0 Å². The standard InChI is InChI=1S/C9H17N3O2/c1-9(2,11-3)8(10)12-6-4-5-7(13)14/h3-6H2,1-2H3,(H2,10,12)(H,13,14). The molecule has 0 saturated carbocycles. The maximum absolute atomic E-state index is 10.2. The van der Waals surface area contributed by atoms with E-state index in [2.05, 4.69) is 16.7 Å². The van der Waals surface area contributed by atoms with Gasteiger partial charge in [-0.15, -0.1) is 0 Å². The van der Waals surface area contributed by atoms with Gasteiger partial charge in [-0.05, 0) is 27.0 Å². The molecule has 0 rings (SSSR count). The quantitative estimate of drug-likeness (QED) is 0.374. The van der Waals surface area contributed by atoms with Gasteiger partial charge in [-0.25, -0.2) is 0 Å². The van der Waals surface area contributed by atoms with E-state index in [9.17, 15) is 4.79 Å². The second-order valence-corrected chi connectivity index (χ2v) is 3.48. The average Bonchev–Trinajstić information content (AvgIpc) is 2.11. The Morgan fingerprint density at radius 2 is 2.14 bits per heavy atom. The molecule has 0 aromatic rings. The summed E-state index contributed by atoms with van der Waals surface area (Å²) in [4.78, 5) is 18.0. The number of nitrogens with two attached hydrogens (primary N) is 1.